The number of rotatable bonds is 10. The van der Waals surface area contributed by atoms with Crippen LogP contribution in [0.4, 0.5) is 0 Å². The molecule has 0 radical (unpaired) electrons. The standard InChI is InChI=1S/C55H66P2/c1-52(2,3)42-23-31-46(32-24-42)56(47-33-25-43(26-34-47)53(4,5)6)50(40-19-15-13-16-20-40)39-51(41-21-17-14-18-22-41)57(48-35-27-44(28-36-48)54(7,8)9)49-37-29-45(30-38-49)55(10,11)12/h13-38,50-51H,39H2,1-12H3. The van der Waals surface area contributed by atoms with Gasteiger partial charge < -0.3 is 0 Å². The van der Waals surface area contributed by atoms with Gasteiger partial charge in [-0.2, -0.15) is 0 Å². The second-order valence-corrected chi connectivity index (χ2v) is 24.8. The fraction of sp³-hybridized carbons (Fsp3) is 0.345. The molecule has 2 atom stereocenters. The summed E-state index contributed by atoms with van der Waals surface area (Å²) in [7, 11) is -1.61. The van der Waals surface area contributed by atoms with Gasteiger partial charge in [-0.25, -0.2) is 0 Å². The van der Waals surface area contributed by atoms with Crippen LogP contribution in [0.3, 0.4) is 0 Å². The molecule has 6 aromatic carbocycles. The SMILES string of the molecule is CC(C)(C)c1ccc(P(c2ccc(C(C)(C)C)cc2)C(CC(c2ccccc2)P(c2ccc(C(C)(C)C)cc2)c2ccc(C(C)(C)C)cc2)c2ccccc2)cc1. The van der Waals surface area contributed by atoms with E-state index in [0.717, 1.165) is 6.42 Å². The number of hydrogen-bond donors (Lipinski definition) is 0. The van der Waals surface area contributed by atoms with E-state index in [1.54, 1.807) is 0 Å². The predicted molar refractivity (Wildman–Crippen MR) is 256 cm³/mol. The highest BCUT2D eigenvalue weighted by Crippen LogP contribution is 2.60. The van der Waals surface area contributed by atoms with Crippen molar-refractivity contribution in [3.8, 4) is 0 Å². The van der Waals surface area contributed by atoms with Gasteiger partial charge in [-0.1, -0.05) is 241 Å². The molecule has 0 aliphatic heterocycles. The van der Waals surface area contributed by atoms with Gasteiger partial charge in [-0.05, 0) is 98.5 Å². The van der Waals surface area contributed by atoms with Crippen molar-refractivity contribution in [2.45, 2.75) is 122 Å². The van der Waals surface area contributed by atoms with Crippen LogP contribution in [0.5, 0.6) is 0 Å². The first-order valence-corrected chi connectivity index (χ1v) is 23.7. The second-order valence-electron chi connectivity index (χ2n) is 20.0. The molecule has 2 unspecified atom stereocenters. The van der Waals surface area contributed by atoms with Gasteiger partial charge in [0.05, 0.1) is 0 Å². The molecule has 0 aliphatic rings. The van der Waals surface area contributed by atoms with Gasteiger partial charge in [0.2, 0.25) is 0 Å². The van der Waals surface area contributed by atoms with E-state index >= 15 is 0 Å². The fourth-order valence-electron chi connectivity index (χ4n) is 7.85. The minimum atomic E-state index is -0.803. The molecular formula is C55H66P2. The Morgan fingerprint density at radius 2 is 0.509 bits per heavy atom. The van der Waals surface area contributed by atoms with Crippen molar-refractivity contribution in [2.24, 2.45) is 0 Å². The van der Waals surface area contributed by atoms with Gasteiger partial charge in [-0.15, -0.1) is 0 Å². The molecule has 0 saturated heterocycles. The highest BCUT2D eigenvalue weighted by Gasteiger charge is 2.35. The van der Waals surface area contributed by atoms with Crippen LogP contribution in [0.15, 0.2) is 158 Å². The molecule has 0 saturated carbocycles. The third-order valence-electron chi connectivity index (χ3n) is 11.5. The first kappa shape index (κ1) is 42.8. The molecule has 0 bridgehead atoms. The third-order valence-corrected chi connectivity index (χ3v) is 17.2. The smallest absolute Gasteiger partial charge is 0.0131 e. The summed E-state index contributed by atoms with van der Waals surface area (Å²) in [5, 5.41) is 5.76. The lowest BCUT2D eigenvalue weighted by molar-refractivity contribution is 0.590. The van der Waals surface area contributed by atoms with E-state index < -0.39 is 15.8 Å². The summed E-state index contributed by atoms with van der Waals surface area (Å²) in [5.41, 5.74) is 9.28. The van der Waals surface area contributed by atoms with Crippen molar-refractivity contribution in [3.05, 3.63) is 191 Å². The zero-order valence-corrected chi connectivity index (χ0v) is 38.6. The third kappa shape index (κ3) is 10.4. The Morgan fingerprint density at radius 1 is 0.298 bits per heavy atom. The quantitative estimate of drug-likeness (QED) is 0.121. The van der Waals surface area contributed by atoms with Gasteiger partial charge in [0.25, 0.3) is 0 Å². The summed E-state index contributed by atoms with van der Waals surface area (Å²) in [5.74, 6) is 0. The maximum absolute atomic E-state index is 2.46. The summed E-state index contributed by atoms with van der Waals surface area (Å²) in [6.45, 7) is 27.8. The van der Waals surface area contributed by atoms with Crippen LogP contribution in [0, 0.1) is 0 Å². The molecular weight excluding hydrogens is 723 g/mol. The molecule has 0 aliphatic carbocycles. The molecule has 0 N–H and O–H groups in total. The van der Waals surface area contributed by atoms with Crippen molar-refractivity contribution in [3.63, 3.8) is 0 Å². The summed E-state index contributed by atoms with van der Waals surface area (Å²) < 4.78 is 0. The Labute approximate surface area is 349 Å². The Morgan fingerprint density at radius 3 is 0.702 bits per heavy atom. The minimum absolute atomic E-state index is 0.0911. The number of hydrogen-bond acceptors (Lipinski definition) is 0. The van der Waals surface area contributed by atoms with Crippen molar-refractivity contribution < 1.29 is 0 Å². The molecule has 0 heterocycles. The average Bonchev–Trinajstić information content (AvgIpc) is 3.17. The van der Waals surface area contributed by atoms with Gasteiger partial charge in [0.1, 0.15) is 0 Å². The topological polar surface area (TPSA) is 0 Å². The molecule has 0 fully saturated rings. The minimum Gasteiger partial charge on any atom is -0.0622 e. The fourth-order valence-corrected chi connectivity index (χ4v) is 13.7. The molecule has 0 spiro atoms. The number of benzene rings is 6. The van der Waals surface area contributed by atoms with Crippen LogP contribution in [-0.2, 0) is 21.7 Å². The van der Waals surface area contributed by atoms with Gasteiger partial charge in [-0.3, -0.25) is 0 Å². The molecule has 6 aromatic rings. The van der Waals surface area contributed by atoms with E-state index in [1.807, 2.05) is 0 Å². The van der Waals surface area contributed by atoms with Crippen LogP contribution in [0.2, 0.25) is 0 Å². The van der Waals surface area contributed by atoms with E-state index in [4.69, 9.17) is 0 Å². The Bertz CT molecular complexity index is 1880. The predicted octanol–water partition coefficient (Wildman–Crippen LogP) is 14.3. The Balaban J connectivity index is 1.59. The van der Waals surface area contributed by atoms with E-state index in [1.165, 1.54) is 54.6 Å². The lowest BCUT2D eigenvalue weighted by atomic mass is 9.87. The molecule has 2 heteroatoms. The summed E-state index contributed by atoms with van der Waals surface area (Å²) in [6.07, 6.45) is 1.02. The molecule has 0 amide bonds. The average molecular weight is 789 g/mol. The lowest BCUT2D eigenvalue weighted by Crippen LogP contribution is -2.24. The zero-order chi connectivity index (χ0) is 41.2. The monoisotopic (exact) mass is 788 g/mol. The molecule has 57 heavy (non-hydrogen) atoms. The highest BCUT2D eigenvalue weighted by atomic mass is 31.1. The van der Waals surface area contributed by atoms with Crippen LogP contribution in [-0.4, -0.2) is 0 Å². The Kier molecular flexibility index (Phi) is 12.9. The molecule has 0 nitrogen and oxygen atoms in total. The van der Waals surface area contributed by atoms with Crippen LogP contribution in [0.25, 0.3) is 0 Å². The van der Waals surface area contributed by atoms with Gasteiger partial charge >= 0.3 is 0 Å². The van der Waals surface area contributed by atoms with Crippen LogP contribution < -0.4 is 21.2 Å². The lowest BCUT2D eigenvalue weighted by Gasteiger charge is -2.37. The second kappa shape index (κ2) is 17.2. The summed E-state index contributed by atoms with van der Waals surface area (Å²) in [4.78, 5) is 0. The first-order valence-electron chi connectivity index (χ1n) is 20.9. The van der Waals surface area contributed by atoms with Crippen molar-refractivity contribution >= 4 is 37.1 Å². The van der Waals surface area contributed by atoms with Crippen LogP contribution >= 0.6 is 15.8 Å². The Hall–Kier alpha value is -3.82. The van der Waals surface area contributed by atoms with E-state index in [0.29, 0.717) is 0 Å². The largest absolute Gasteiger partial charge is 0.0622 e. The van der Waals surface area contributed by atoms with Crippen LogP contribution in [0.1, 0.15) is 134 Å². The van der Waals surface area contributed by atoms with E-state index in [-0.39, 0.29) is 33.0 Å². The summed E-state index contributed by atoms with van der Waals surface area (Å²) in [6, 6.07) is 61.7. The summed E-state index contributed by atoms with van der Waals surface area (Å²) >= 11 is 0. The van der Waals surface area contributed by atoms with Gasteiger partial charge in [0.15, 0.2) is 0 Å². The molecule has 6 rings (SSSR count). The molecule has 296 valence electrons. The van der Waals surface area contributed by atoms with E-state index in [2.05, 4.69) is 241 Å². The zero-order valence-electron chi connectivity index (χ0n) is 36.8. The first-order chi connectivity index (χ1) is 26.8. The molecule has 0 aromatic heterocycles. The van der Waals surface area contributed by atoms with Crippen molar-refractivity contribution in [1.82, 2.24) is 0 Å². The van der Waals surface area contributed by atoms with E-state index in [9.17, 15) is 0 Å². The van der Waals surface area contributed by atoms with Gasteiger partial charge in [0, 0.05) is 11.3 Å². The highest BCUT2D eigenvalue weighted by molar-refractivity contribution is 7.74. The van der Waals surface area contributed by atoms with Crippen molar-refractivity contribution in [1.29, 1.82) is 0 Å². The maximum Gasteiger partial charge on any atom is 0.0131 e. The maximum atomic E-state index is 2.46. The van der Waals surface area contributed by atoms with Crippen molar-refractivity contribution in [2.75, 3.05) is 0 Å². The normalized spacial score (nSPS) is 13.9.